The quantitative estimate of drug-likeness (QED) is 0.160. The molecule has 0 aliphatic carbocycles. The van der Waals surface area contributed by atoms with E-state index in [0.29, 0.717) is 23.4 Å². The second-order valence-corrected chi connectivity index (χ2v) is 16.6. The van der Waals surface area contributed by atoms with Crippen molar-refractivity contribution in [3.63, 3.8) is 0 Å². The van der Waals surface area contributed by atoms with Crippen LogP contribution < -0.4 is 0 Å². The Balaban J connectivity index is 0.891. The van der Waals surface area contributed by atoms with Crippen molar-refractivity contribution in [3.05, 3.63) is 224 Å². The highest BCUT2D eigenvalue weighted by molar-refractivity contribution is 6.12. The molecule has 6 nitrogen and oxygen atoms in total. The van der Waals surface area contributed by atoms with Crippen LogP contribution in [0.25, 0.3) is 128 Å². The topological polar surface area (TPSA) is 69.6 Å². The highest BCUT2D eigenvalue weighted by atomic mass is 16.3. The first-order chi connectivity index (χ1) is 32.7. The van der Waals surface area contributed by atoms with Gasteiger partial charge < -0.3 is 8.98 Å². The fourth-order valence-corrected chi connectivity index (χ4v) is 9.42. The molecule has 13 aromatic rings. The molecule has 0 unspecified atom stereocenters. The van der Waals surface area contributed by atoms with E-state index < -0.39 is 0 Å². The molecule has 10 aromatic carbocycles. The van der Waals surface area contributed by atoms with Crippen molar-refractivity contribution < 1.29 is 4.42 Å². The summed E-state index contributed by atoms with van der Waals surface area (Å²) in [6, 6.07) is 78.2. The second kappa shape index (κ2) is 15.4. The van der Waals surface area contributed by atoms with Gasteiger partial charge in [0.1, 0.15) is 5.52 Å². The van der Waals surface area contributed by atoms with Crippen molar-refractivity contribution in [2.24, 2.45) is 0 Å². The monoisotopic (exact) mass is 843 g/mol. The molecule has 6 heteroatoms. The van der Waals surface area contributed by atoms with Gasteiger partial charge in [-0.05, 0) is 93.0 Å². The van der Waals surface area contributed by atoms with Crippen LogP contribution in [-0.2, 0) is 0 Å². The van der Waals surface area contributed by atoms with Gasteiger partial charge in [-0.1, -0.05) is 170 Å². The van der Waals surface area contributed by atoms with E-state index in [1.807, 2.05) is 42.5 Å². The number of oxazole rings is 1. The van der Waals surface area contributed by atoms with Crippen LogP contribution in [0, 0.1) is 0 Å². The standard InChI is InChI=1S/C60H37N5O/c1-4-13-38(14-5-1)39-23-25-42(26-24-39)60-61-52-34-32-40-17-12-21-49(55(40)56(52)66-60)45-29-27-44-36-46(30-28-43(44)35-45)58-62-57(41-15-6-2-7-16-41)63-59(64-58)47-31-33-51-50-20-10-11-22-53(50)65(54(51)37-47)48-18-8-3-9-19-48/h1-37H. The molecule has 0 saturated carbocycles. The van der Waals surface area contributed by atoms with E-state index in [2.05, 4.69) is 187 Å². The predicted molar refractivity (Wildman–Crippen MR) is 269 cm³/mol. The van der Waals surface area contributed by atoms with Gasteiger partial charge in [-0.3, -0.25) is 0 Å². The molecule has 0 spiro atoms. The van der Waals surface area contributed by atoms with Crippen LogP contribution in [0.15, 0.2) is 229 Å². The fourth-order valence-electron chi connectivity index (χ4n) is 9.42. The smallest absolute Gasteiger partial charge is 0.227 e. The third kappa shape index (κ3) is 6.42. The zero-order valence-corrected chi connectivity index (χ0v) is 35.5. The minimum atomic E-state index is 0.603. The molecule has 13 rings (SSSR count). The van der Waals surface area contributed by atoms with Crippen LogP contribution in [0.1, 0.15) is 0 Å². The lowest BCUT2D eigenvalue weighted by molar-refractivity contribution is 0.623. The Morgan fingerprint density at radius 1 is 0.333 bits per heavy atom. The summed E-state index contributed by atoms with van der Waals surface area (Å²) >= 11 is 0. The van der Waals surface area contributed by atoms with Crippen molar-refractivity contribution in [1.29, 1.82) is 0 Å². The fraction of sp³-hybridized carbons (Fsp3) is 0. The summed E-state index contributed by atoms with van der Waals surface area (Å²) < 4.78 is 8.96. The van der Waals surface area contributed by atoms with Gasteiger partial charge >= 0.3 is 0 Å². The third-order valence-electron chi connectivity index (χ3n) is 12.7. The molecule has 0 aliphatic rings. The number of nitrogens with zero attached hydrogens (tertiary/aromatic N) is 5. The van der Waals surface area contributed by atoms with Crippen LogP contribution in [0.5, 0.6) is 0 Å². The van der Waals surface area contributed by atoms with E-state index in [-0.39, 0.29) is 0 Å². The summed E-state index contributed by atoms with van der Waals surface area (Å²) in [5, 5.41) is 6.70. The molecule has 0 N–H and O–H groups in total. The minimum Gasteiger partial charge on any atom is -0.435 e. The lowest BCUT2D eigenvalue weighted by Gasteiger charge is -2.11. The van der Waals surface area contributed by atoms with Gasteiger partial charge in [0.05, 0.1) is 11.0 Å². The van der Waals surface area contributed by atoms with Crippen molar-refractivity contribution >= 4 is 54.5 Å². The Labute approximate surface area is 379 Å². The molecule has 3 heterocycles. The predicted octanol–water partition coefficient (Wildman–Crippen LogP) is 15.4. The highest BCUT2D eigenvalue weighted by Gasteiger charge is 2.19. The summed E-state index contributed by atoms with van der Waals surface area (Å²) in [6.07, 6.45) is 0. The Bertz CT molecular complexity index is 3970. The van der Waals surface area contributed by atoms with E-state index >= 15 is 0 Å². The van der Waals surface area contributed by atoms with Gasteiger partial charge in [0.2, 0.25) is 5.89 Å². The van der Waals surface area contributed by atoms with E-state index in [1.165, 1.54) is 16.3 Å². The lowest BCUT2D eigenvalue weighted by atomic mass is 9.95. The molecular weight excluding hydrogens is 807 g/mol. The number of fused-ring (bicyclic) bond motifs is 7. The van der Waals surface area contributed by atoms with Gasteiger partial charge in [-0.15, -0.1) is 0 Å². The van der Waals surface area contributed by atoms with Crippen LogP contribution in [0.2, 0.25) is 0 Å². The maximum atomic E-state index is 6.64. The minimum absolute atomic E-state index is 0.603. The zero-order valence-electron chi connectivity index (χ0n) is 35.5. The molecule has 0 saturated heterocycles. The first-order valence-corrected chi connectivity index (χ1v) is 22.1. The molecule has 66 heavy (non-hydrogen) atoms. The molecular formula is C60H37N5O. The largest absolute Gasteiger partial charge is 0.435 e. The van der Waals surface area contributed by atoms with Crippen molar-refractivity contribution in [1.82, 2.24) is 24.5 Å². The lowest BCUT2D eigenvalue weighted by Crippen LogP contribution is -2.00. The molecule has 0 amide bonds. The molecule has 0 atom stereocenters. The summed E-state index contributed by atoms with van der Waals surface area (Å²) in [4.78, 5) is 20.4. The molecule has 3 aromatic heterocycles. The molecule has 308 valence electrons. The van der Waals surface area contributed by atoms with Crippen LogP contribution in [-0.4, -0.2) is 24.5 Å². The molecule has 0 fully saturated rings. The third-order valence-corrected chi connectivity index (χ3v) is 12.7. The number of aromatic nitrogens is 5. The molecule has 0 aliphatic heterocycles. The Kier molecular flexibility index (Phi) is 8.74. The van der Waals surface area contributed by atoms with Crippen molar-refractivity contribution in [2.75, 3.05) is 0 Å². The number of hydrogen-bond donors (Lipinski definition) is 0. The van der Waals surface area contributed by atoms with Gasteiger partial charge in [-0.2, -0.15) is 0 Å². The number of para-hydroxylation sites is 2. The van der Waals surface area contributed by atoms with Gasteiger partial charge in [0.25, 0.3) is 0 Å². The first kappa shape index (κ1) is 37.5. The van der Waals surface area contributed by atoms with Gasteiger partial charge in [-0.25, -0.2) is 19.9 Å². The molecule has 0 radical (unpaired) electrons. The van der Waals surface area contributed by atoms with Gasteiger partial charge in [0, 0.05) is 44.1 Å². The number of rotatable bonds is 7. The van der Waals surface area contributed by atoms with Crippen LogP contribution in [0.3, 0.4) is 0 Å². The summed E-state index contributed by atoms with van der Waals surface area (Å²) in [7, 11) is 0. The maximum absolute atomic E-state index is 6.64. The normalized spacial score (nSPS) is 11.6. The number of hydrogen-bond acceptors (Lipinski definition) is 5. The van der Waals surface area contributed by atoms with Crippen molar-refractivity contribution in [3.8, 4) is 73.6 Å². The summed E-state index contributed by atoms with van der Waals surface area (Å²) in [5.41, 5.74) is 13.1. The Morgan fingerprint density at radius 3 is 1.64 bits per heavy atom. The van der Waals surface area contributed by atoms with E-state index in [9.17, 15) is 0 Å². The van der Waals surface area contributed by atoms with Gasteiger partial charge in [0.15, 0.2) is 23.1 Å². The first-order valence-electron chi connectivity index (χ1n) is 22.1. The number of benzene rings is 10. The Hall–Kier alpha value is -9.00. The van der Waals surface area contributed by atoms with E-state index in [4.69, 9.17) is 24.4 Å². The second-order valence-electron chi connectivity index (χ2n) is 16.6. The van der Waals surface area contributed by atoms with Crippen molar-refractivity contribution in [2.45, 2.75) is 0 Å². The Morgan fingerprint density at radius 2 is 0.879 bits per heavy atom. The van der Waals surface area contributed by atoms with E-state index in [0.717, 1.165) is 88.3 Å². The van der Waals surface area contributed by atoms with Crippen LogP contribution >= 0.6 is 0 Å². The van der Waals surface area contributed by atoms with Crippen LogP contribution in [0.4, 0.5) is 0 Å². The average Bonchev–Trinajstić information content (AvgIpc) is 3.99. The average molecular weight is 844 g/mol. The summed E-state index contributed by atoms with van der Waals surface area (Å²) in [6.45, 7) is 0. The SMILES string of the molecule is c1ccc(-c2ccc(-c3nc4ccc5cccc(-c6ccc7cc(-c8nc(-c9ccccc9)nc(-c9ccc%10c%11ccccc%11n(-c%11ccccc%11)c%10c9)n8)ccc7c6)c5c4o3)cc2)cc1. The molecule has 0 bridgehead atoms. The summed E-state index contributed by atoms with van der Waals surface area (Å²) in [5.74, 6) is 2.45. The zero-order chi connectivity index (χ0) is 43.6. The highest BCUT2D eigenvalue weighted by Crippen LogP contribution is 2.39. The maximum Gasteiger partial charge on any atom is 0.227 e. The van der Waals surface area contributed by atoms with E-state index in [1.54, 1.807) is 0 Å².